The maximum Gasteiger partial charge on any atom is 0.202 e. The van der Waals surface area contributed by atoms with E-state index >= 15 is 0 Å². The maximum atomic E-state index is 5.67. The van der Waals surface area contributed by atoms with Crippen LogP contribution in [0.1, 0.15) is 19.8 Å². The SMILES string of the molecule is COCCOc1ccc(-c2nc(-c3ccn(C)n3)nn2CC2CC(C)C2)cc1. The molecule has 7 heteroatoms. The highest BCUT2D eigenvalue weighted by atomic mass is 16.5. The minimum absolute atomic E-state index is 0.537. The summed E-state index contributed by atoms with van der Waals surface area (Å²) >= 11 is 0. The van der Waals surface area contributed by atoms with Crippen molar-refractivity contribution in [3.05, 3.63) is 36.5 Å². The van der Waals surface area contributed by atoms with E-state index in [4.69, 9.17) is 19.6 Å². The van der Waals surface area contributed by atoms with Crippen molar-refractivity contribution in [1.29, 1.82) is 0 Å². The molecule has 7 nitrogen and oxygen atoms in total. The number of nitrogens with zero attached hydrogens (tertiary/aromatic N) is 5. The second-order valence-electron chi connectivity index (χ2n) is 7.62. The van der Waals surface area contributed by atoms with Gasteiger partial charge in [-0.15, -0.1) is 5.10 Å². The molecular formula is C21H27N5O2. The zero-order valence-electron chi connectivity index (χ0n) is 16.7. The van der Waals surface area contributed by atoms with Crippen LogP contribution in [0.25, 0.3) is 22.9 Å². The van der Waals surface area contributed by atoms with Gasteiger partial charge in [-0.1, -0.05) is 6.92 Å². The van der Waals surface area contributed by atoms with E-state index in [1.165, 1.54) is 12.8 Å². The van der Waals surface area contributed by atoms with Gasteiger partial charge in [0.15, 0.2) is 5.82 Å². The topological polar surface area (TPSA) is 67.0 Å². The van der Waals surface area contributed by atoms with Crippen LogP contribution in [0.3, 0.4) is 0 Å². The summed E-state index contributed by atoms with van der Waals surface area (Å²) < 4.78 is 14.5. The lowest BCUT2D eigenvalue weighted by Crippen LogP contribution is -2.26. The van der Waals surface area contributed by atoms with Crippen LogP contribution in [0.4, 0.5) is 0 Å². The molecule has 2 aromatic heterocycles. The first-order valence-corrected chi connectivity index (χ1v) is 9.79. The number of aryl methyl sites for hydroxylation is 1. The van der Waals surface area contributed by atoms with E-state index in [2.05, 4.69) is 12.0 Å². The molecule has 3 aromatic rings. The molecule has 1 fully saturated rings. The first kappa shape index (κ1) is 18.7. The Hall–Kier alpha value is -2.67. The molecule has 1 aliphatic rings. The van der Waals surface area contributed by atoms with Crippen molar-refractivity contribution in [2.45, 2.75) is 26.3 Å². The molecule has 0 N–H and O–H groups in total. The quantitative estimate of drug-likeness (QED) is 0.559. The van der Waals surface area contributed by atoms with Gasteiger partial charge in [-0.05, 0) is 55.0 Å². The van der Waals surface area contributed by atoms with Gasteiger partial charge >= 0.3 is 0 Å². The third-order valence-electron chi connectivity index (χ3n) is 5.19. The van der Waals surface area contributed by atoms with Crippen LogP contribution < -0.4 is 4.74 Å². The van der Waals surface area contributed by atoms with Crippen LogP contribution in [0, 0.1) is 11.8 Å². The molecule has 0 saturated heterocycles. The van der Waals surface area contributed by atoms with Crippen LogP contribution in [0.2, 0.25) is 0 Å². The molecule has 0 amide bonds. The fraction of sp³-hybridized carbons (Fsp3) is 0.476. The van der Waals surface area contributed by atoms with E-state index in [1.54, 1.807) is 11.8 Å². The van der Waals surface area contributed by atoms with E-state index in [9.17, 15) is 0 Å². The highest BCUT2D eigenvalue weighted by Crippen LogP contribution is 2.35. The van der Waals surface area contributed by atoms with Crippen molar-refractivity contribution in [1.82, 2.24) is 24.5 Å². The number of hydrogen-bond donors (Lipinski definition) is 0. The largest absolute Gasteiger partial charge is 0.491 e. The summed E-state index contributed by atoms with van der Waals surface area (Å²) in [5.74, 6) is 3.86. The summed E-state index contributed by atoms with van der Waals surface area (Å²) in [6.07, 6.45) is 4.42. The lowest BCUT2D eigenvalue weighted by molar-refractivity contribution is 0.146. The van der Waals surface area contributed by atoms with Gasteiger partial charge in [0, 0.05) is 32.5 Å². The molecule has 1 aromatic carbocycles. The van der Waals surface area contributed by atoms with Gasteiger partial charge in [-0.2, -0.15) is 5.10 Å². The predicted octanol–water partition coefficient (Wildman–Crippen LogP) is 3.42. The Balaban J connectivity index is 1.59. The summed E-state index contributed by atoms with van der Waals surface area (Å²) in [4.78, 5) is 4.81. The summed E-state index contributed by atoms with van der Waals surface area (Å²) in [6, 6.07) is 9.95. The highest BCUT2D eigenvalue weighted by molar-refractivity contribution is 5.60. The zero-order chi connectivity index (χ0) is 19.5. The first-order valence-electron chi connectivity index (χ1n) is 9.79. The predicted molar refractivity (Wildman–Crippen MR) is 107 cm³/mol. The first-order chi connectivity index (χ1) is 13.6. The number of rotatable bonds is 8. The number of aromatic nitrogens is 5. The van der Waals surface area contributed by atoms with Crippen LogP contribution in [0.15, 0.2) is 36.5 Å². The van der Waals surface area contributed by atoms with Gasteiger partial charge in [0.25, 0.3) is 0 Å². The van der Waals surface area contributed by atoms with Crippen LogP contribution in [0.5, 0.6) is 5.75 Å². The minimum Gasteiger partial charge on any atom is -0.491 e. The Morgan fingerprint density at radius 1 is 1.07 bits per heavy atom. The third-order valence-corrected chi connectivity index (χ3v) is 5.19. The Kier molecular flexibility index (Phi) is 5.43. The molecule has 2 heterocycles. The van der Waals surface area contributed by atoms with Gasteiger partial charge in [0.1, 0.15) is 18.1 Å². The number of methoxy groups -OCH3 is 1. The van der Waals surface area contributed by atoms with Crippen molar-refractivity contribution in [3.63, 3.8) is 0 Å². The molecule has 0 unspecified atom stereocenters. The number of ether oxygens (including phenoxy) is 2. The van der Waals surface area contributed by atoms with Crippen molar-refractivity contribution in [2.24, 2.45) is 18.9 Å². The fourth-order valence-electron chi connectivity index (χ4n) is 3.73. The molecule has 1 aliphatic carbocycles. The highest BCUT2D eigenvalue weighted by Gasteiger charge is 2.27. The molecule has 148 valence electrons. The standard InChI is InChI=1S/C21H27N5O2/c1-15-12-16(13-15)14-26-21(22-20(24-26)19-8-9-25(2)23-19)17-4-6-18(7-5-17)28-11-10-27-3/h4-9,15-16H,10-14H2,1-3H3. The third kappa shape index (κ3) is 4.09. The second kappa shape index (κ2) is 8.14. The van der Waals surface area contributed by atoms with Gasteiger partial charge in [0.2, 0.25) is 5.82 Å². The minimum atomic E-state index is 0.537. The Morgan fingerprint density at radius 2 is 1.86 bits per heavy atom. The van der Waals surface area contributed by atoms with Crippen LogP contribution in [-0.2, 0) is 18.3 Å². The average Bonchev–Trinajstić information content (AvgIpc) is 3.28. The van der Waals surface area contributed by atoms with Crippen molar-refractivity contribution < 1.29 is 9.47 Å². The summed E-state index contributed by atoms with van der Waals surface area (Å²) in [5, 5.41) is 9.24. The molecule has 0 bridgehead atoms. The lowest BCUT2D eigenvalue weighted by Gasteiger charge is -2.32. The van der Waals surface area contributed by atoms with Crippen molar-refractivity contribution in [2.75, 3.05) is 20.3 Å². The Labute approximate surface area is 165 Å². The zero-order valence-corrected chi connectivity index (χ0v) is 16.7. The molecule has 28 heavy (non-hydrogen) atoms. The normalized spacial score (nSPS) is 18.8. The Morgan fingerprint density at radius 3 is 2.50 bits per heavy atom. The monoisotopic (exact) mass is 381 g/mol. The molecule has 0 atom stereocenters. The van der Waals surface area contributed by atoms with Crippen molar-refractivity contribution in [3.8, 4) is 28.7 Å². The van der Waals surface area contributed by atoms with Crippen LogP contribution in [-0.4, -0.2) is 44.9 Å². The van der Waals surface area contributed by atoms with E-state index in [0.29, 0.717) is 25.0 Å². The van der Waals surface area contributed by atoms with E-state index in [1.807, 2.05) is 48.3 Å². The molecule has 4 rings (SSSR count). The molecule has 0 radical (unpaired) electrons. The lowest BCUT2D eigenvalue weighted by atomic mass is 9.76. The summed E-state index contributed by atoms with van der Waals surface area (Å²) in [7, 11) is 3.57. The van der Waals surface area contributed by atoms with Gasteiger partial charge in [0.05, 0.1) is 6.61 Å². The number of benzene rings is 1. The fourth-order valence-corrected chi connectivity index (χ4v) is 3.73. The van der Waals surface area contributed by atoms with E-state index < -0.39 is 0 Å². The maximum absolute atomic E-state index is 5.67. The van der Waals surface area contributed by atoms with Crippen molar-refractivity contribution >= 4 is 0 Å². The molecule has 0 spiro atoms. The van der Waals surface area contributed by atoms with Gasteiger partial charge in [-0.3, -0.25) is 4.68 Å². The van der Waals surface area contributed by atoms with E-state index in [-0.39, 0.29) is 0 Å². The number of hydrogen-bond acceptors (Lipinski definition) is 5. The van der Waals surface area contributed by atoms with Gasteiger partial charge in [-0.25, -0.2) is 9.67 Å². The smallest absolute Gasteiger partial charge is 0.202 e. The van der Waals surface area contributed by atoms with Crippen LogP contribution >= 0.6 is 0 Å². The van der Waals surface area contributed by atoms with E-state index in [0.717, 1.165) is 35.3 Å². The summed E-state index contributed by atoms with van der Waals surface area (Å²) in [6.45, 7) is 4.31. The molecule has 0 aliphatic heterocycles. The molecule has 1 saturated carbocycles. The molecular weight excluding hydrogens is 354 g/mol. The summed E-state index contributed by atoms with van der Waals surface area (Å²) in [5.41, 5.74) is 1.82. The average molecular weight is 381 g/mol. The van der Waals surface area contributed by atoms with Gasteiger partial charge < -0.3 is 9.47 Å². The second-order valence-corrected chi connectivity index (χ2v) is 7.62. The Bertz CT molecular complexity index is 909.